The van der Waals surface area contributed by atoms with E-state index in [4.69, 9.17) is 0 Å². The average molecular weight is 344 g/mol. The number of nitrogens with one attached hydrogen (secondary N) is 1. The van der Waals surface area contributed by atoms with Gasteiger partial charge in [-0.25, -0.2) is 9.97 Å². The molecule has 0 unspecified atom stereocenters. The summed E-state index contributed by atoms with van der Waals surface area (Å²) in [6, 6.07) is 19.8. The predicted molar refractivity (Wildman–Crippen MR) is 101 cm³/mol. The van der Waals surface area contributed by atoms with Crippen LogP contribution in [0.4, 0.5) is 11.6 Å². The number of carbonyl (C=O) groups excluding carboxylic acids is 1. The van der Waals surface area contributed by atoms with Crippen molar-refractivity contribution in [2.45, 2.75) is 19.4 Å². The van der Waals surface area contributed by atoms with Crippen LogP contribution >= 0.6 is 0 Å². The monoisotopic (exact) mass is 344 g/mol. The van der Waals surface area contributed by atoms with Crippen LogP contribution in [0.5, 0.6) is 0 Å². The molecule has 5 heteroatoms. The van der Waals surface area contributed by atoms with Gasteiger partial charge in [0.1, 0.15) is 5.69 Å². The number of anilines is 2. The molecule has 2 heterocycles. The lowest BCUT2D eigenvalue weighted by Crippen LogP contribution is -2.28. The lowest BCUT2D eigenvalue weighted by atomic mass is 10.0. The van der Waals surface area contributed by atoms with E-state index in [2.05, 4.69) is 38.4 Å². The highest BCUT2D eigenvalue weighted by molar-refractivity contribution is 5.92. The van der Waals surface area contributed by atoms with Gasteiger partial charge in [0.25, 0.3) is 5.91 Å². The molecule has 5 nitrogen and oxygen atoms in total. The van der Waals surface area contributed by atoms with Gasteiger partial charge in [-0.2, -0.15) is 0 Å². The molecule has 26 heavy (non-hydrogen) atoms. The zero-order valence-electron chi connectivity index (χ0n) is 14.4. The highest BCUT2D eigenvalue weighted by Crippen LogP contribution is 2.31. The van der Waals surface area contributed by atoms with Crippen molar-refractivity contribution < 1.29 is 4.79 Å². The zero-order valence-corrected chi connectivity index (χ0v) is 14.4. The second-order valence-electron chi connectivity index (χ2n) is 6.29. The molecule has 2 aromatic carbocycles. The van der Waals surface area contributed by atoms with Gasteiger partial charge in [0.15, 0.2) is 0 Å². The van der Waals surface area contributed by atoms with Gasteiger partial charge >= 0.3 is 0 Å². The van der Waals surface area contributed by atoms with Crippen LogP contribution in [0, 0.1) is 0 Å². The van der Waals surface area contributed by atoms with Crippen LogP contribution in [-0.2, 0) is 13.0 Å². The third-order valence-electron chi connectivity index (χ3n) is 4.52. The van der Waals surface area contributed by atoms with Crippen LogP contribution in [0.15, 0.2) is 66.9 Å². The van der Waals surface area contributed by atoms with E-state index in [0.29, 0.717) is 18.2 Å². The van der Waals surface area contributed by atoms with Gasteiger partial charge in [0, 0.05) is 25.0 Å². The van der Waals surface area contributed by atoms with Crippen LogP contribution in [0.2, 0.25) is 0 Å². The Morgan fingerprint density at radius 1 is 1.04 bits per heavy atom. The smallest absolute Gasteiger partial charge is 0.270 e. The first-order valence-corrected chi connectivity index (χ1v) is 8.82. The number of fused-ring (bicyclic) bond motifs is 1. The second-order valence-corrected chi connectivity index (χ2v) is 6.29. The number of aryl methyl sites for hydroxylation is 1. The van der Waals surface area contributed by atoms with Crippen molar-refractivity contribution in [2.24, 2.45) is 0 Å². The van der Waals surface area contributed by atoms with Gasteiger partial charge in [-0.1, -0.05) is 48.5 Å². The predicted octanol–water partition coefficient (Wildman–Crippen LogP) is 3.49. The van der Waals surface area contributed by atoms with Crippen molar-refractivity contribution in [3.63, 3.8) is 0 Å². The molecule has 1 amide bonds. The van der Waals surface area contributed by atoms with E-state index in [-0.39, 0.29) is 5.91 Å². The van der Waals surface area contributed by atoms with Crippen LogP contribution < -0.4 is 10.2 Å². The Labute approximate surface area is 152 Å². The second kappa shape index (κ2) is 7.35. The molecule has 130 valence electrons. The van der Waals surface area contributed by atoms with Gasteiger partial charge < -0.3 is 10.2 Å². The molecule has 0 bridgehead atoms. The fourth-order valence-electron chi connectivity index (χ4n) is 3.22. The number of nitrogens with zero attached hydrogens (tertiary/aromatic N) is 3. The molecule has 4 rings (SSSR count). The molecule has 3 aromatic rings. The largest absolute Gasteiger partial charge is 0.347 e. The Balaban J connectivity index is 1.53. The number of hydrogen-bond donors (Lipinski definition) is 1. The maximum Gasteiger partial charge on any atom is 0.270 e. The Bertz CT molecular complexity index is 911. The van der Waals surface area contributed by atoms with E-state index in [1.165, 1.54) is 5.56 Å². The molecule has 0 atom stereocenters. The normalized spacial score (nSPS) is 13.2. The van der Waals surface area contributed by atoms with Crippen molar-refractivity contribution in [1.82, 2.24) is 15.3 Å². The van der Waals surface area contributed by atoms with E-state index in [1.54, 1.807) is 12.3 Å². The maximum atomic E-state index is 12.5. The fourth-order valence-corrected chi connectivity index (χ4v) is 3.22. The fraction of sp³-hybridized carbons (Fsp3) is 0.190. The number of para-hydroxylation sites is 1. The Kier molecular flexibility index (Phi) is 4.60. The average Bonchev–Trinajstić information content (AvgIpc) is 2.72. The molecule has 0 saturated heterocycles. The van der Waals surface area contributed by atoms with E-state index < -0.39 is 0 Å². The third-order valence-corrected chi connectivity index (χ3v) is 4.52. The van der Waals surface area contributed by atoms with Crippen LogP contribution in [0.3, 0.4) is 0 Å². The first-order valence-electron chi connectivity index (χ1n) is 8.82. The summed E-state index contributed by atoms with van der Waals surface area (Å²) in [4.78, 5) is 23.5. The molecular weight excluding hydrogens is 324 g/mol. The molecular formula is C21H20N4O. The van der Waals surface area contributed by atoms with Crippen molar-refractivity contribution in [3.05, 3.63) is 83.7 Å². The minimum absolute atomic E-state index is 0.192. The van der Waals surface area contributed by atoms with Gasteiger partial charge in [-0.3, -0.25) is 4.79 Å². The molecule has 0 spiro atoms. The molecule has 1 aromatic heterocycles. The first-order chi connectivity index (χ1) is 12.8. The quantitative estimate of drug-likeness (QED) is 0.787. The van der Waals surface area contributed by atoms with Gasteiger partial charge in [-0.05, 0) is 36.1 Å². The molecule has 1 N–H and O–H groups in total. The molecule has 0 fully saturated rings. The minimum atomic E-state index is -0.192. The van der Waals surface area contributed by atoms with Gasteiger partial charge in [-0.15, -0.1) is 0 Å². The topological polar surface area (TPSA) is 58.1 Å². The van der Waals surface area contributed by atoms with Gasteiger partial charge in [0.05, 0.1) is 0 Å². The SMILES string of the molecule is O=C(NCc1ccccc1)c1ccnc(N2CCCc3ccccc32)n1. The summed E-state index contributed by atoms with van der Waals surface area (Å²) >= 11 is 0. The van der Waals surface area contributed by atoms with E-state index in [9.17, 15) is 4.79 Å². The number of benzene rings is 2. The summed E-state index contributed by atoms with van der Waals surface area (Å²) in [7, 11) is 0. The number of aromatic nitrogens is 2. The van der Waals surface area contributed by atoms with E-state index in [1.807, 2.05) is 36.4 Å². The number of hydrogen-bond acceptors (Lipinski definition) is 4. The van der Waals surface area contributed by atoms with Gasteiger partial charge in [0.2, 0.25) is 5.95 Å². The standard InChI is InChI=1S/C21H20N4O/c26-20(23-15-16-7-2-1-3-8-16)18-12-13-22-21(24-18)25-14-6-10-17-9-4-5-11-19(17)25/h1-5,7-9,11-13H,6,10,14-15H2,(H,23,26). The summed E-state index contributed by atoms with van der Waals surface area (Å²) in [5.41, 5.74) is 3.86. The number of rotatable bonds is 4. The summed E-state index contributed by atoms with van der Waals surface area (Å²) in [6.07, 6.45) is 3.76. The zero-order chi connectivity index (χ0) is 17.8. The molecule has 1 aliphatic heterocycles. The molecule has 0 aliphatic carbocycles. The Morgan fingerprint density at radius 2 is 1.85 bits per heavy atom. The summed E-state index contributed by atoms with van der Waals surface area (Å²) in [5.74, 6) is 0.382. The summed E-state index contributed by atoms with van der Waals surface area (Å²) in [5, 5.41) is 2.92. The number of amides is 1. The molecule has 1 aliphatic rings. The van der Waals surface area contributed by atoms with E-state index in [0.717, 1.165) is 30.6 Å². The van der Waals surface area contributed by atoms with E-state index >= 15 is 0 Å². The first kappa shape index (κ1) is 16.3. The summed E-state index contributed by atoms with van der Waals surface area (Å²) in [6.45, 7) is 1.33. The molecule has 0 radical (unpaired) electrons. The molecule has 0 saturated carbocycles. The van der Waals surface area contributed by atoms with Crippen molar-refractivity contribution in [1.29, 1.82) is 0 Å². The van der Waals surface area contributed by atoms with Crippen molar-refractivity contribution in [2.75, 3.05) is 11.4 Å². The lowest BCUT2D eigenvalue weighted by Gasteiger charge is -2.29. The summed E-state index contributed by atoms with van der Waals surface area (Å²) < 4.78 is 0. The van der Waals surface area contributed by atoms with Crippen molar-refractivity contribution in [3.8, 4) is 0 Å². The van der Waals surface area contributed by atoms with Crippen LogP contribution in [0.25, 0.3) is 0 Å². The Morgan fingerprint density at radius 3 is 2.73 bits per heavy atom. The third kappa shape index (κ3) is 3.42. The van der Waals surface area contributed by atoms with Crippen LogP contribution in [-0.4, -0.2) is 22.4 Å². The minimum Gasteiger partial charge on any atom is -0.347 e. The highest BCUT2D eigenvalue weighted by atomic mass is 16.1. The van der Waals surface area contributed by atoms with Crippen LogP contribution in [0.1, 0.15) is 28.0 Å². The highest BCUT2D eigenvalue weighted by Gasteiger charge is 2.20. The Hall–Kier alpha value is -3.21. The lowest BCUT2D eigenvalue weighted by molar-refractivity contribution is 0.0946. The number of carbonyl (C=O) groups is 1. The maximum absolute atomic E-state index is 12.5. The van der Waals surface area contributed by atoms with Crippen molar-refractivity contribution >= 4 is 17.5 Å².